The van der Waals surface area contributed by atoms with Crippen molar-refractivity contribution in [1.82, 2.24) is 4.57 Å². The number of carbonyl (C=O) groups is 1. The van der Waals surface area contributed by atoms with Crippen molar-refractivity contribution in [1.29, 1.82) is 0 Å². The van der Waals surface area contributed by atoms with Gasteiger partial charge in [-0.2, -0.15) is 0 Å². The Kier molecular flexibility index (Phi) is 7.10. The molecule has 0 radical (unpaired) electrons. The molecule has 0 spiro atoms. The van der Waals surface area contributed by atoms with Crippen LogP contribution >= 0.6 is 22.7 Å². The van der Waals surface area contributed by atoms with Gasteiger partial charge in [-0.05, 0) is 43.2 Å². The van der Waals surface area contributed by atoms with Crippen LogP contribution in [0.25, 0.3) is 11.8 Å². The van der Waals surface area contributed by atoms with Crippen LogP contribution in [-0.4, -0.2) is 30.2 Å². The molecule has 1 fully saturated rings. The first-order valence-corrected chi connectivity index (χ1v) is 14.9. The van der Waals surface area contributed by atoms with Crippen molar-refractivity contribution in [3.63, 3.8) is 0 Å². The zero-order valence-electron chi connectivity index (χ0n) is 21.8. The Morgan fingerprint density at radius 2 is 1.92 bits per heavy atom. The lowest BCUT2D eigenvalue weighted by Crippen LogP contribution is -2.39. The van der Waals surface area contributed by atoms with E-state index in [9.17, 15) is 9.59 Å². The average molecular weight is 560 g/mol. The van der Waals surface area contributed by atoms with Gasteiger partial charge < -0.3 is 14.1 Å². The molecule has 0 unspecified atom stereocenters. The molecule has 5 heterocycles. The van der Waals surface area contributed by atoms with E-state index in [1.165, 1.54) is 22.7 Å². The molecule has 2 aliphatic rings. The predicted molar refractivity (Wildman–Crippen MR) is 155 cm³/mol. The molecule has 4 aromatic rings. The van der Waals surface area contributed by atoms with Gasteiger partial charge in [-0.1, -0.05) is 54.7 Å². The van der Waals surface area contributed by atoms with E-state index in [2.05, 4.69) is 11.8 Å². The number of anilines is 1. The summed E-state index contributed by atoms with van der Waals surface area (Å²) in [4.78, 5) is 35.8. The number of ether oxygens (including phenoxy) is 1. The second-order valence-electron chi connectivity index (χ2n) is 9.79. The van der Waals surface area contributed by atoms with E-state index in [0.29, 0.717) is 26.4 Å². The predicted octanol–water partition coefficient (Wildman–Crippen LogP) is 4.83. The smallest absolute Gasteiger partial charge is 0.338 e. The summed E-state index contributed by atoms with van der Waals surface area (Å²) in [5, 5.41) is 1.95. The van der Waals surface area contributed by atoms with Crippen molar-refractivity contribution in [2.75, 3.05) is 24.6 Å². The Balaban J connectivity index is 1.49. The molecule has 1 aromatic carbocycles. The maximum absolute atomic E-state index is 13.9. The van der Waals surface area contributed by atoms with Gasteiger partial charge in [0.2, 0.25) is 0 Å². The minimum absolute atomic E-state index is 0.212. The minimum Gasteiger partial charge on any atom is -0.463 e. The number of aromatic nitrogens is 1. The highest BCUT2D eigenvalue weighted by atomic mass is 32.1. The van der Waals surface area contributed by atoms with Crippen molar-refractivity contribution >= 4 is 46.3 Å². The number of furan rings is 1. The molecule has 9 heteroatoms. The van der Waals surface area contributed by atoms with E-state index in [0.717, 1.165) is 48.2 Å². The average Bonchev–Trinajstić information content (AvgIpc) is 3.71. The van der Waals surface area contributed by atoms with Crippen molar-refractivity contribution < 1.29 is 13.9 Å². The van der Waals surface area contributed by atoms with Crippen LogP contribution in [0.2, 0.25) is 0 Å². The van der Waals surface area contributed by atoms with Crippen molar-refractivity contribution in [3.8, 4) is 0 Å². The molecule has 0 aliphatic carbocycles. The Labute approximate surface area is 234 Å². The molecule has 0 bridgehead atoms. The number of hydrogen-bond donors (Lipinski definition) is 0. The fourth-order valence-corrected chi connectivity index (χ4v) is 6.91. The number of nitrogens with zero attached hydrogens (tertiary/aromatic N) is 3. The fraction of sp³-hybridized carbons (Fsp3) is 0.300. The van der Waals surface area contributed by atoms with Crippen LogP contribution in [0.1, 0.15) is 48.9 Å². The molecule has 6 rings (SSSR count). The SMILES string of the molecule is CCOC(=O)C1=C(c2ccccc2)N=c2s/c(=C/c3ccc(N4CCC(C)CC4)o3)c(=O)n2[C@@H]1c1cccs1. The molecular weight excluding hydrogens is 530 g/mol. The lowest BCUT2D eigenvalue weighted by Gasteiger charge is -2.29. The van der Waals surface area contributed by atoms with E-state index in [1.54, 1.807) is 17.6 Å². The van der Waals surface area contributed by atoms with Gasteiger partial charge in [-0.3, -0.25) is 9.36 Å². The number of thiazole rings is 1. The highest BCUT2D eigenvalue weighted by Gasteiger charge is 2.35. The van der Waals surface area contributed by atoms with Gasteiger partial charge >= 0.3 is 5.97 Å². The first kappa shape index (κ1) is 25.6. The Morgan fingerprint density at radius 3 is 2.64 bits per heavy atom. The topological polar surface area (TPSA) is 77.0 Å². The third-order valence-electron chi connectivity index (χ3n) is 7.17. The minimum atomic E-state index is -0.639. The van der Waals surface area contributed by atoms with Gasteiger partial charge in [-0.15, -0.1) is 11.3 Å². The van der Waals surface area contributed by atoms with Crippen molar-refractivity contribution in [2.24, 2.45) is 10.9 Å². The van der Waals surface area contributed by atoms with Gasteiger partial charge in [0.05, 0.1) is 22.4 Å². The number of benzene rings is 1. The monoisotopic (exact) mass is 559 g/mol. The van der Waals surface area contributed by atoms with E-state index >= 15 is 0 Å². The first-order valence-electron chi connectivity index (χ1n) is 13.2. The van der Waals surface area contributed by atoms with Crippen LogP contribution in [0, 0.1) is 5.92 Å². The van der Waals surface area contributed by atoms with Crippen molar-refractivity contribution in [2.45, 2.75) is 32.7 Å². The normalized spacial score (nSPS) is 18.3. The summed E-state index contributed by atoms with van der Waals surface area (Å²) in [7, 11) is 0. The Hall–Kier alpha value is -3.69. The van der Waals surface area contributed by atoms with Gasteiger partial charge in [0, 0.05) is 35.7 Å². The maximum atomic E-state index is 13.9. The van der Waals surface area contributed by atoms with Crippen LogP contribution in [0.15, 0.2) is 79.8 Å². The summed E-state index contributed by atoms with van der Waals surface area (Å²) in [5.41, 5.74) is 1.48. The third-order valence-corrected chi connectivity index (χ3v) is 9.08. The number of piperidine rings is 1. The van der Waals surface area contributed by atoms with E-state index in [1.807, 2.05) is 60.0 Å². The fourth-order valence-electron chi connectivity index (χ4n) is 5.10. The van der Waals surface area contributed by atoms with Crippen LogP contribution in [-0.2, 0) is 9.53 Å². The highest BCUT2D eigenvalue weighted by molar-refractivity contribution is 7.10. The summed E-state index contributed by atoms with van der Waals surface area (Å²) in [6, 6.07) is 16.7. The molecule has 0 amide bonds. The molecule has 0 saturated carbocycles. The molecule has 0 N–H and O–H groups in total. The van der Waals surface area contributed by atoms with Crippen LogP contribution < -0.4 is 19.8 Å². The lowest BCUT2D eigenvalue weighted by atomic mass is 9.97. The van der Waals surface area contributed by atoms with Crippen LogP contribution in [0.3, 0.4) is 0 Å². The highest BCUT2D eigenvalue weighted by Crippen LogP contribution is 2.36. The molecule has 200 valence electrons. The second-order valence-corrected chi connectivity index (χ2v) is 11.8. The number of fused-ring (bicyclic) bond motifs is 1. The summed E-state index contributed by atoms with van der Waals surface area (Å²) in [6.07, 6.45) is 4.06. The Morgan fingerprint density at radius 1 is 1.13 bits per heavy atom. The largest absolute Gasteiger partial charge is 0.463 e. The summed E-state index contributed by atoms with van der Waals surface area (Å²) in [5.74, 6) is 1.70. The quantitative estimate of drug-likeness (QED) is 0.317. The number of thiophene rings is 1. The number of rotatable bonds is 6. The molecule has 39 heavy (non-hydrogen) atoms. The summed E-state index contributed by atoms with van der Waals surface area (Å²) < 4.78 is 13.8. The molecule has 7 nitrogen and oxygen atoms in total. The van der Waals surface area contributed by atoms with Gasteiger partial charge in [-0.25, -0.2) is 9.79 Å². The first-order chi connectivity index (χ1) is 19.0. The zero-order chi connectivity index (χ0) is 26.9. The van der Waals surface area contributed by atoms with Gasteiger partial charge in [0.1, 0.15) is 11.8 Å². The number of esters is 1. The Bertz CT molecular complexity index is 1690. The second kappa shape index (κ2) is 10.8. The standard InChI is InChI=1S/C30H29N3O4S2/c1-3-36-29(35)25-26(20-8-5-4-6-9-20)31-30-33(27(25)22-10-7-17-38-22)28(34)23(39-30)18-21-11-12-24(37-21)32-15-13-19(2)14-16-32/h4-12,17-19,27H,3,13-16H2,1-2H3/b23-18+/t27-/m1/s1. The molecule has 3 aromatic heterocycles. The van der Waals surface area contributed by atoms with Crippen LogP contribution in [0.5, 0.6) is 0 Å². The van der Waals surface area contributed by atoms with E-state index < -0.39 is 12.0 Å². The van der Waals surface area contributed by atoms with Crippen LogP contribution in [0.4, 0.5) is 5.88 Å². The molecular formula is C30H29N3O4S2. The molecule has 1 atom stereocenters. The van der Waals surface area contributed by atoms with E-state index in [4.69, 9.17) is 14.1 Å². The molecule has 2 aliphatic heterocycles. The lowest BCUT2D eigenvalue weighted by molar-refractivity contribution is -0.138. The summed E-state index contributed by atoms with van der Waals surface area (Å²) >= 11 is 2.80. The zero-order valence-corrected chi connectivity index (χ0v) is 23.5. The van der Waals surface area contributed by atoms with Gasteiger partial charge in [0.25, 0.3) is 5.56 Å². The summed E-state index contributed by atoms with van der Waals surface area (Å²) in [6.45, 7) is 6.22. The maximum Gasteiger partial charge on any atom is 0.338 e. The third kappa shape index (κ3) is 4.92. The van der Waals surface area contributed by atoms with E-state index in [-0.39, 0.29) is 12.2 Å². The van der Waals surface area contributed by atoms with Gasteiger partial charge in [0.15, 0.2) is 10.7 Å². The number of carbonyl (C=O) groups excluding carboxylic acids is 1. The molecule has 1 saturated heterocycles. The number of hydrogen-bond acceptors (Lipinski definition) is 8. The van der Waals surface area contributed by atoms with Crippen molar-refractivity contribution in [3.05, 3.63) is 101 Å².